The molecule has 2 bridgehead atoms. The number of nitrogens with one attached hydrogen (secondary N) is 1. The first kappa shape index (κ1) is 34.7. The summed E-state index contributed by atoms with van der Waals surface area (Å²) >= 11 is 2.68. The molecule has 45 heavy (non-hydrogen) atoms. The Morgan fingerprint density at radius 2 is 1.38 bits per heavy atom. The summed E-state index contributed by atoms with van der Waals surface area (Å²) in [6, 6.07) is 19.0. The molecule has 1 N–H and O–H groups in total. The highest BCUT2D eigenvalue weighted by Crippen LogP contribution is 2.46. The van der Waals surface area contributed by atoms with Gasteiger partial charge in [0.05, 0.1) is 13.2 Å². The van der Waals surface area contributed by atoms with E-state index in [9.17, 15) is 19.2 Å². The van der Waals surface area contributed by atoms with Gasteiger partial charge in [0.1, 0.15) is 23.9 Å². The van der Waals surface area contributed by atoms with Crippen LogP contribution in [0.3, 0.4) is 0 Å². The lowest BCUT2D eigenvalue weighted by atomic mass is 9.74. The maximum atomic E-state index is 13.0. The van der Waals surface area contributed by atoms with Crippen molar-refractivity contribution in [2.45, 2.75) is 83.6 Å². The van der Waals surface area contributed by atoms with E-state index in [4.69, 9.17) is 23.7 Å². The average Bonchev–Trinajstić information content (AvgIpc) is 2.98. The predicted molar refractivity (Wildman–Crippen MR) is 171 cm³/mol. The Hall–Kier alpha value is -3.16. The van der Waals surface area contributed by atoms with Crippen molar-refractivity contribution in [2.24, 2.45) is 0 Å². The van der Waals surface area contributed by atoms with Gasteiger partial charge in [0.25, 0.3) is 0 Å². The van der Waals surface area contributed by atoms with Crippen LogP contribution in [0.2, 0.25) is 0 Å². The molecular formula is C33H39NO9S2. The SMILES string of the molecule is CC(=O)N[C@@]12C=C(SCCCSC(C)=O)[C@H](OC(C)=O)[C@@H](O[C@H](OC(C)=O)[C@H]1OCc1ccccc1)[C@H]2OCc1ccccc1. The van der Waals surface area contributed by atoms with Crippen molar-refractivity contribution in [2.75, 3.05) is 11.5 Å². The quantitative estimate of drug-likeness (QED) is 0.227. The first-order chi connectivity index (χ1) is 21.6. The lowest BCUT2D eigenvalue weighted by Gasteiger charge is -2.56. The fourth-order valence-corrected chi connectivity index (χ4v) is 7.34. The zero-order chi connectivity index (χ0) is 32.4. The van der Waals surface area contributed by atoms with Gasteiger partial charge in [0.15, 0.2) is 11.2 Å². The van der Waals surface area contributed by atoms with Crippen molar-refractivity contribution in [3.63, 3.8) is 0 Å². The zero-order valence-corrected chi connectivity index (χ0v) is 27.4. The van der Waals surface area contributed by atoms with Crippen LogP contribution < -0.4 is 5.32 Å². The molecule has 1 fully saturated rings. The molecule has 1 aliphatic heterocycles. The molecule has 12 heteroatoms. The number of thioether (sulfide) groups is 2. The third-order valence-corrected chi connectivity index (χ3v) is 9.19. The maximum Gasteiger partial charge on any atom is 0.305 e. The van der Waals surface area contributed by atoms with Gasteiger partial charge in [-0.3, -0.25) is 19.2 Å². The summed E-state index contributed by atoms with van der Waals surface area (Å²) in [6.45, 7) is 5.76. The van der Waals surface area contributed by atoms with Crippen LogP contribution in [0.25, 0.3) is 0 Å². The molecular weight excluding hydrogens is 618 g/mol. The van der Waals surface area contributed by atoms with E-state index in [0.29, 0.717) is 22.8 Å². The Bertz CT molecular complexity index is 1360. The van der Waals surface area contributed by atoms with Crippen molar-refractivity contribution in [1.29, 1.82) is 0 Å². The smallest absolute Gasteiger partial charge is 0.305 e. The van der Waals surface area contributed by atoms with Crippen molar-refractivity contribution in [3.05, 3.63) is 82.8 Å². The number of hydrogen-bond acceptors (Lipinski definition) is 11. The van der Waals surface area contributed by atoms with Gasteiger partial charge < -0.3 is 29.0 Å². The van der Waals surface area contributed by atoms with Crippen LogP contribution in [0.15, 0.2) is 71.6 Å². The fraction of sp³-hybridized carbons (Fsp3) is 0.455. The Labute approximate surface area is 271 Å². The van der Waals surface area contributed by atoms with E-state index >= 15 is 0 Å². The summed E-state index contributed by atoms with van der Waals surface area (Å²) in [5.74, 6) is -0.292. The average molecular weight is 658 g/mol. The second-order valence-electron chi connectivity index (χ2n) is 10.7. The molecule has 0 radical (unpaired) electrons. The van der Waals surface area contributed by atoms with Gasteiger partial charge in [-0.2, -0.15) is 0 Å². The fourth-order valence-electron chi connectivity index (χ4n) is 5.43. The molecule has 1 aliphatic carbocycles. The normalized spacial score (nSPS) is 25.5. The highest BCUT2D eigenvalue weighted by Gasteiger charge is 2.64. The van der Waals surface area contributed by atoms with E-state index in [0.717, 1.165) is 11.1 Å². The number of carbonyl (C=O) groups excluding carboxylic acids is 4. The van der Waals surface area contributed by atoms with Gasteiger partial charge >= 0.3 is 11.9 Å². The summed E-state index contributed by atoms with van der Waals surface area (Å²) in [4.78, 5) is 49.8. The Morgan fingerprint density at radius 1 is 0.800 bits per heavy atom. The molecule has 0 spiro atoms. The number of fused-ring (bicyclic) bond motifs is 2. The molecule has 242 valence electrons. The lowest BCUT2D eigenvalue weighted by molar-refractivity contribution is -0.311. The second-order valence-corrected chi connectivity index (χ2v) is 13.2. The number of amides is 1. The molecule has 1 heterocycles. The summed E-state index contributed by atoms with van der Waals surface area (Å²) in [6.07, 6.45) is -2.64. The van der Waals surface area contributed by atoms with Crippen molar-refractivity contribution < 1.29 is 42.9 Å². The predicted octanol–water partition coefficient (Wildman–Crippen LogP) is 4.55. The molecule has 2 aromatic carbocycles. The molecule has 0 saturated carbocycles. The zero-order valence-electron chi connectivity index (χ0n) is 25.8. The minimum atomic E-state index is -1.40. The molecule has 1 amide bonds. The van der Waals surface area contributed by atoms with Gasteiger partial charge in [-0.05, 0) is 29.4 Å². The molecule has 0 aromatic heterocycles. The Balaban J connectivity index is 1.81. The summed E-state index contributed by atoms with van der Waals surface area (Å²) in [7, 11) is 0. The van der Waals surface area contributed by atoms with Crippen molar-refractivity contribution in [1.82, 2.24) is 5.32 Å². The molecule has 0 unspecified atom stereocenters. The van der Waals surface area contributed by atoms with Crippen LogP contribution in [-0.4, -0.2) is 70.7 Å². The van der Waals surface area contributed by atoms with Gasteiger partial charge in [0, 0.05) is 38.4 Å². The number of esters is 2. The van der Waals surface area contributed by atoms with E-state index in [1.165, 1.54) is 51.2 Å². The molecule has 2 aliphatic rings. The topological polar surface area (TPSA) is 126 Å². The minimum absolute atomic E-state index is 0.0375. The van der Waals surface area contributed by atoms with Crippen LogP contribution in [-0.2, 0) is 56.1 Å². The van der Waals surface area contributed by atoms with E-state index in [2.05, 4.69) is 5.32 Å². The molecule has 6 atom stereocenters. The third kappa shape index (κ3) is 9.43. The largest absolute Gasteiger partial charge is 0.454 e. The maximum absolute atomic E-state index is 13.0. The van der Waals surface area contributed by atoms with Gasteiger partial charge in [-0.25, -0.2) is 0 Å². The number of carbonyl (C=O) groups is 4. The molecule has 2 aromatic rings. The highest BCUT2D eigenvalue weighted by atomic mass is 32.2. The minimum Gasteiger partial charge on any atom is -0.454 e. The number of rotatable bonds is 14. The first-order valence-electron chi connectivity index (χ1n) is 14.7. The van der Waals surface area contributed by atoms with Crippen molar-refractivity contribution >= 4 is 46.5 Å². The van der Waals surface area contributed by atoms with Crippen LogP contribution in [0.4, 0.5) is 0 Å². The van der Waals surface area contributed by atoms with Gasteiger partial charge in [-0.15, -0.1) is 11.8 Å². The summed E-state index contributed by atoms with van der Waals surface area (Å²) in [5, 5.41) is 3.12. The first-order valence-corrected chi connectivity index (χ1v) is 16.6. The van der Waals surface area contributed by atoms with E-state index in [1.54, 1.807) is 0 Å². The summed E-state index contributed by atoms with van der Waals surface area (Å²) in [5.41, 5.74) is 0.338. The number of ether oxygens (including phenoxy) is 5. The van der Waals surface area contributed by atoms with Crippen LogP contribution >= 0.6 is 23.5 Å². The van der Waals surface area contributed by atoms with Crippen molar-refractivity contribution in [3.8, 4) is 0 Å². The number of benzene rings is 2. The standard InChI is InChI=1S/C33H39NO9S2/c1-21(35)34-33-18-27(45-17-11-16-44-24(4)38)28(41-22(2)36)29(30(33)39-19-25-12-7-5-8-13-25)43-32(42-23(3)37)31(33)40-20-26-14-9-6-10-15-26/h5-10,12-15,18,28-32H,11,16-17,19-20H2,1-4H3,(H,34,35)/t28-,29+,30+,31+,32-,33+/m0/s1. The Kier molecular flexibility index (Phi) is 12.7. The molecule has 10 nitrogen and oxygen atoms in total. The number of hydrogen-bond donors (Lipinski definition) is 1. The van der Waals surface area contributed by atoms with E-state index in [1.807, 2.05) is 66.7 Å². The summed E-state index contributed by atoms with van der Waals surface area (Å²) < 4.78 is 31.0. The van der Waals surface area contributed by atoms with Gasteiger partial charge in [0.2, 0.25) is 12.2 Å². The third-order valence-electron chi connectivity index (χ3n) is 7.11. The lowest BCUT2D eigenvalue weighted by Crippen LogP contribution is -2.77. The van der Waals surface area contributed by atoms with Gasteiger partial charge in [-0.1, -0.05) is 72.4 Å². The highest BCUT2D eigenvalue weighted by molar-refractivity contribution is 8.13. The van der Waals surface area contributed by atoms with Crippen LogP contribution in [0.5, 0.6) is 0 Å². The van der Waals surface area contributed by atoms with E-state index in [-0.39, 0.29) is 24.2 Å². The second kappa shape index (κ2) is 16.4. The molecule has 1 saturated heterocycles. The van der Waals surface area contributed by atoms with Crippen LogP contribution in [0, 0.1) is 0 Å². The molecule has 4 rings (SSSR count). The monoisotopic (exact) mass is 657 g/mol. The van der Waals surface area contributed by atoms with E-state index < -0.39 is 48.2 Å². The van der Waals surface area contributed by atoms with Crippen LogP contribution in [0.1, 0.15) is 45.2 Å². The Morgan fingerprint density at radius 3 is 1.91 bits per heavy atom.